The van der Waals surface area contributed by atoms with E-state index in [0.717, 1.165) is 21.6 Å². The van der Waals surface area contributed by atoms with Crippen molar-refractivity contribution in [2.45, 2.75) is 38.1 Å². The van der Waals surface area contributed by atoms with Gasteiger partial charge in [0.2, 0.25) is 0 Å². The van der Waals surface area contributed by atoms with Crippen LogP contribution in [0, 0.1) is 0 Å². The molecule has 1 fully saturated rings. The van der Waals surface area contributed by atoms with Crippen LogP contribution >= 0.6 is 28.3 Å². The van der Waals surface area contributed by atoms with Crippen LogP contribution in [0.1, 0.15) is 37.7 Å². The molecule has 4 heteroatoms. The summed E-state index contributed by atoms with van der Waals surface area (Å²) in [6, 6.07) is 19.1. The SMILES string of the molecule is Brc1ccc(NC(=NC2CCCCC2)c2ccccc2)cc1.Cl. The minimum absolute atomic E-state index is 0. The van der Waals surface area contributed by atoms with Crippen molar-refractivity contribution in [2.75, 3.05) is 5.32 Å². The molecule has 2 nitrogen and oxygen atoms in total. The molecule has 2 aromatic rings. The van der Waals surface area contributed by atoms with Crippen LogP contribution in [0.4, 0.5) is 5.69 Å². The fourth-order valence-electron chi connectivity index (χ4n) is 2.84. The molecule has 1 aliphatic carbocycles. The number of hydrogen-bond acceptors (Lipinski definition) is 1. The van der Waals surface area contributed by atoms with E-state index >= 15 is 0 Å². The molecule has 2 aromatic carbocycles. The van der Waals surface area contributed by atoms with E-state index in [1.165, 1.54) is 32.1 Å². The highest BCUT2D eigenvalue weighted by Gasteiger charge is 2.14. The summed E-state index contributed by atoms with van der Waals surface area (Å²) in [5.74, 6) is 0.981. The fraction of sp³-hybridized carbons (Fsp3) is 0.316. The van der Waals surface area contributed by atoms with Crippen molar-refractivity contribution >= 4 is 39.9 Å². The van der Waals surface area contributed by atoms with Crippen LogP contribution in [-0.4, -0.2) is 11.9 Å². The highest BCUT2D eigenvalue weighted by molar-refractivity contribution is 9.10. The largest absolute Gasteiger partial charge is 0.340 e. The molecule has 0 radical (unpaired) electrons. The molecule has 0 atom stereocenters. The van der Waals surface area contributed by atoms with E-state index in [4.69, 9.17) is 4.99 Å². The third kappa shape index (κ3) is 5.36. The Bertz CT molecular complexity index is 620. The van der Waals surface area contributed by atoms with E-state index in [1.54, 1.807) is 0 Å². The lowest BCUT2D eigenvalue weighted by molar-refractivity contribution is 0.443. The molecule has 1 saturated carbocycles. The molecule has 0 aliphatic heterocycles. The van der Waals surface area contributed by atoms with Crippen molar-refractivity contribution in [1.82, 2.24) is 0 Å². The molecule has 0 heterocycles. The number of nitrogens with zero attached hydrogens (tertiary/aromatic N) is 1. The summed E-state index contributed by atoms with van der Waals surface area (Å²) < 4.78 is 1.09. The van der Waals surface area contributed by atoms with E-state index in [2.05, 4.69) is 57.6 Å². The molecule has 0 spiro atoms. The molecule has 0 saturated heterocycles. The van der Waals surface area contributed by atoms with Crippen molar-refractivity contribution in [3.05, 3.63) is 64.6 Å². The predicted octanol–water partition coefficient (Wildman–Crippen LogP) is 6.06. The van der Waals surface area contributed by atoms with Gasteiger partial charge in [0, 0.05) is 15.7 Å². The van der Waals surface area contributed by atoms with Gasteiger partial charge < -0.3 is 5.32 Å². The highest BCUT2D eigenvalue weighted by Crippen LogP contribution is 2.22. The molecule has 1 N–H and O–H groups in total. The number of amidine groups is 1. The third-order valence-corrected chi connectivity index (χ3v) is 4.57. The van der Waals surface area contributed by atoms with Crippen LogP contribution in [0.5, 0.6) is 0 Å². The Hall–Kier alpha value is -1.32. The van der Waals surface area contributed by atoms with Crippen LogP contribution in [0.3, 0.4) is 0 Å². The first-order chi connectivity index (χ1) is 10.8. The summed E-state index contributed by atoms with van der Waals surface area (Å²) >= 11 is 3.48. The lowest BCUT2D eigenvalue weighted by Gasteiger charge is -2.20. The highest BCUT2D eigenvalue weighted by atomic mass is 79.9. The predicted molar refractivity (Wildman–Crippen MR) is 105 cm³/mol. The quantitative estimate of drug-likeness (QED) is 0.497. The Morgan fingerprint density at radius 2 is 1.57 bits per heavy atom. The monoisotopic (exact) mass is 392 g/mol. The number of anilines is 1. The van der Waals surface area contributed by atoms with Gasteiger partial charge in [0.25, 0.3) is 0 Å². The van der Waals surface area contributed by atoms with Crippen molar-refractivity contribution in [3.63, 3.8) is 0 Å². The Balaban J connectivity index is 0.00000192. The van der Waals surface area contributed by atoms with E-state index in [-0.39, 0.29) is 12.4 Å². The number of benzene rings is 2. The topological polar surface area (TPSA) is 24.4 Å². The standard InChI is InChI=1S/C19H21BrN2.ClH/c20-16-11-13-18(14-12-16)22-19(15-7-3-1-4-8-15)21-17-9-5-2-6-10-17;/h1,3-4,7-8,11-14,17H,2,5-6,9-10H2,(H,21,22);1H. The van der Waals surface area contributed by atoms with E-state index in [9.17, 15) is 0 Å². The zero-order chi connectivity index (χ0) is 15.2. The molecule has 0 amide bonds. The molecular formula is C19H22BrClN2. The molecule has 0 bridgehead atoms. The molecule has 0 unspecified atom stereocenters. The second-order valence-corrected chi connectivity index (χ2v) is 6.68. The second-order valence-electron chi connectivity index (χ2n) is 5.77. The van der Waals surface area contributed by atoms with Gasteiger partial charge in [-0.25, -0.2) is 0 Å². The van der Waals surface area contributed by atoms with Crippen molar-refractivity contribution in [3.8, 4) is 0 Å². The van der Waals surface area contributed by atoms with Gasteiger partial charge in [-0.15, -0.1) is 12.4 Å². The Labute approximate surface area is 153 Å². The van der Waals surface area contributed by atoms with Crippen LogP contribution in [0.25, 0.3) is 0 Å². The maximum absolute atomic E-state index is 5.02. The molecule has 23 heavy (non-hydrogen) atoms. The lowest BCUT2D eigenvalue weighted by Crippen LogP contribution is -2.19. The average molecular weight is 394 g/mol. The van der Waals surface area contributed by atoms with Crippen molar-refractivity contribution in [2.24, 2.45) is 4.99 Å². The second kappa shape index (κ2) is 9.09. The summed E-state index contributed by atoms with van der Waals surface area (Å²) in [6.45, 7) is 0. The van der Waals surface area contributed by atoms with E-state index < -0.39 is 0 Å². The summed E-state index contributed by atoms with van der Waals surface area (Å²) in [6.07, 6.45) is 6.37. The van der Waals surface area contributed by atoms with Crippen molar-refractivity contribution in [1.29, 1.82) is 0 Å². The summed E-state index contributed by atoms with van der Waals surface area (Å²) in [5.41, 5.74) is 2.22. The van der Waals surface area contributed by atoms with Crippen LogP contribution in [-0.2, 0) is 0 Å². The van der Waals surface area contributed by atoms with Gasteiger partial charge in [0.15, 0.2) is 0 Å². The lowest BCUT2D eigenvalue weighted by atomic mass is 9.96. The van der Waals surface area contributed by atoms with Crippen molar-refractivity contribution < 1.29 is 0 Å². The third-order valence-electron chi connectivity index (χ3n) is 4.04. The zero-order valence-corrected chi connectivity index (χ0v) is 15.4. The van der Waals surface area contributed by atoms with Gasteiger partial charge in [-0.1, -0.05) is 65.5 Å². The summed E-state index contributed by atoms with van der Waals surface area (Å²) in [4.78, 5) is 5.02. The number of hydrogen-bond donors (Lipinski definition) is 1. The number of nitrogens with one attached hydrogen (secondary N) is 1. The Kier molecular flexibility index (Phi) is 7.13. The minimum Gasteiger partial charge on any atom is -0.340 e. The van der Waals surface area contributed by atoms with Gasteiger partial charge in [0.1, 0.15) is 5.84 Å². The van der Waals surface area contributed by atoms with Gasteiger partial charge in [-0.2, -0.15) is 0 Å². The van der Waals surface area contributed by atoms with E-state index in [0.29, 0.717) is 6.04 Å². The first kappa shape index (κ1) is 18.0. The molecule has 1 aliphatic rings. The van der Waals surface area contributed by atoms with Crippen LogP contribution in [0.2, 0.25) is 0 Å². The maximum atomic E-state index is 5.02. The first-order valence-corrected chi connectivity index (χ1v) is 8.76. The molecule has 0 aromatic heterocycles. The number of rotatable bonds is 3. The molecule has 3 rings (SSSR count). The Morgan fingerprint density at radius 1 is 0.913 bits per heavy atom. The summed E-state index contributed by atoms with van der Waals surface area (Å²) in [5, 5.41) is 3.50. The number of halogens is 2. The van der Waals surface area contributed by atoms with Gasteiger partial charge in [-0.3, -0.25) is 4.99 Å². The number of aliphatic imine (C=N–C) groups is 1. The van der Waals surface area contributed by atoms with Crippen LogP contribution in [0.15, 0.2) is 64.1 Å². The van der Waals surface area contributed by atoms with Crippen LogP contribution < -0.4 is 5.32 Å². The smallest absolute Gasteiger partial charge is 0.133 e. The zero-order valence-electron chi connectivity index (χ0n) is 13.0. The van der Waals surface area contributed by atoms with Gasteiger partial charge in [-0.05, 0) is 37.1 Å². The van der Waals surface area contributed by atoms with E-state index in [1.807, 2.05) is 18.2 Å². The molecular weight excluding hydrogens is 372 g/mol. The Morgan fingerprint density at radius 3 is 2.22 bits per heavy atom. The van der Waals surface area contributed by atoms with Gasteiger partial charge >= 0.3 is 0 Å². The summed E-state index contributed by atoms with van der Waals surface area (Å²) in [7, 11) is 0. The fourth-order valence-corrected chi connectivity index (χ4v) is 3.10. The van der Waals surface area contributed by atoms with Gasteiger partial charge in [0.05, 0.1) is 6.04 Å². The average Bonchev–Trinajstić information content (AvgIpc) is 2.58. The first-order valence-electron chi connectivity index (χ1n) is 7.97. The molecule has 122 valence electrons. The minimum atomic E-state index is 0. The normalized spacial score (nSPS) is 15.8. The maximum Gasteiger partial charge on any atom is 0.133 e.